The predicted octanol–water partition coefficient (Wildman–Crippen LogP) is 4.59. The third kappa shape index (κ3) is 9.00. The molecular weight excluding hydrogens is 590 g/mol. The maximum atomic E-state index is 12.5. The summed E-state index contributed by atoms with van der Waals surface area (Å²) < 4.78 is 80.1. The molecule has 1 aromatic heterocycles. The average Bonchev–Trinajstić information content (AvgIpc) is 3.44. The van der Waals surface area contributed by atoms with Gasteiger partial charge >= 0.3 is 36.0 Å². The minimum absolute atomic E-state index is 0.152. The van der Waals surface area contributed by atoms with Gasteiger partial charge in [-0.3, -0.25) is 19.2 Å². The number of nitrogens with zero attached hydrogens (tertiary/aromatic N) is 2. The van der Waals surface area contributed by atoms with Crippen molar-refractivity contribution in [2.75, 3.05) is 10.6 Å². The average molecular weight is 610 g/mol. The molecule has 0 bridgehead atoms. The lowest BCUT2D eigenvalue weighted by atomic mass is 10.1. The van der Waals surface area contributed by atoms with E-state index in [0.29, 0.717) is 0 Å². The number of anilines is 2. The van der Waals surface area contributed by atoms with E-state index < -0.39 is 36.0 Å². The van der Waals surface area contributed by atoms with E-state index in [1.807, 2.05) is 0 Å². The quantitative estimate of drug-likeness (QED) is 0.167. The first-order valence-corrected chi connectivity index (χ1v) is 11.8. The van der Waals surface area contributed by atoms with Crippen LogP contribution in [0.5, 0.6) is 0 Å². The number of amides is 4. The van der Waals surface area contributed by atoms with Crippen molar-refractivity contribution < 1.29 is 49.9 Å². The van der Waals surface area contributed by atoms with Crippen molar-refractivity contribution in [1.29, 1.82) is 0 Å². The van der Waals surface area contributed by atoms with E-state index in [9.17, 15) is 45.5 Å². The van der Waals surface area contributed by atoms with Gasteiger partial charge in [0.05, 0.1) is 11.4 Å². The van der Waals surface area contributed by atoms with Gasteiger partial charge in [0, 0.05) is 11.4 Å². The van der Waals surface area contributed by atoms with Crippen molar-refractivity contribution in [3.05, 3.63) is 83.3 Å². The molecule has 0 atom stereocenters. The van der Waals surface area contributed by atoms with E-state index in [1.165, 1.54) is 62.4 Å². The lowest BCUT2D eigenvalue weighted by Gasteiger charge is -2.09. The van der Waals surface area contributed by atoms with E-state index in [1.54, 1.807) is 10.6 Å². The Hall–Kier alpha value is -5.48. The summed E-state index contributed by atoms with van der Waals surface area (Å²) >= 11 is 0. The van der Waals surface area contributed by atoms with Crippen molar-refractivity contribution in [2.45, 2.75) is 26.2 Å². The molecule has 4 amide bonds. The summed E-state index contributed by atoms with van der Waals surface area (Å²) in [5.74, 6) is -6.73. The van der Waals surface area contributed by atoms with Crippen LogP contribution in [0.2, 0.25) is 0 Å². The van der Waals surface area contributed by atoms with Crippen molar-refractivity contribution in [3.63, 3.8) is 0 Å². The molecule has 3 rings (SSSR count). The predicted molar refractivity (Wildman–Crippen MR) is 140 cm³/mol. The van der Waals surface area contributed by atoms with Gasteiger partial charge in [-0.15, -0.1) is 0 Å². The van der Waals surface area contributed by atoms with Gasteiger partial charge in [-0.1, -0.05) is 24.3 Å². The molecule has 3 aromatic rings. The summed E-state index contributed by atoms with van der Waals surface area (Å²) in [7, 11) is 0. The molecule has 2 aromatic carbocycles. The van der Waals surface area contributed by atoms with Crippen LogP contribution in [0.4, 0.5) is 37.7 Å². The van der Waals surface area contributed by atoms with Crippen LogP contribution in [-0.4, -0.2) is 47.4 Å². The molecule has 0 saturated heterocycles. The standard InChI is InChI=1S/C26H20F6N6O5/c1-13(15-5-3-7-17(11-15)33-23(41)25(27,28)29)35-37-21(39)19-9-10-20(43-19)22(40)38-36-14(2)16-6-4-8-18(12-16)34-24(42)26(30,31)32/h3-12H,1-2H3,(H,33,41)(H,34,42)(H,37,39)(H,38,40). The van der Waals surface area contributed by atoms with Crippen molar-refractivity contribution in [3.8, 4) is 0 Å². The minimum atomic E-state index is -5.08. The van der Waals surface area contributed by atoms with Crippen LogP contribution in [-0.2, 0) is 9.59 Å². The minimum Gasteiger partial charge on any atom is -0.446 e. The Morgan fingerprint density at radius 2 is 1.00 bits per heavy atom. The van der Waals surface area contributed by atoms with Crippen LogP contribution in [0.3, 0.4) is 0 Å². The zero-order chi connectivity index (χ0) is 31.9. The molecule has 17 heteroatoms. The SMILES string of the molecule is CC(=NNC(=O)c1ccc(C(=O)NN=C(C)c2cccc(NC(=O)C(F)(F)F)c2)o1)c1cccc(NC(=O)C(F)(F)F)c1. The highest BCUT2D eigenvalue weighted by atomic mass is 19.4. The lowest BCUT2D eigenvalue weighted by Crippen LogP contribution is -2.29. The van der Waals surface area contributed by atoms with Gasteiger partial charge in [0.15, 0.2) is 11.5 Å². The molecule has 0 radical (unpaired) electrons. The summed E-state index contributed by atoms with van der Waals surface area (Å²) in [5, 5.41) is 11.1. The molecular formula is C26H20F6N6O5. The summed E-state index contributed by atoms with van der Waals surface area (Å²) in [6.45, 7) is 2.87. The van der Waals surface area contributed by atoms with Crippen LogP contribution in [0.25, 0.3) is 0 Å². The van der Waals surface area contributed by atoms with Gasteiger partial charge in [0.25, 0.3) is 0 Å². The monoisotopic (exact) mass is 610 g/mol. The van der Waals surface area contributed by atoms with Gasteiger partial charge in [-0.25, -0.2) is 10.9 Å². The van der Waals surface area contributed by atoms with E-state index in [4.69, 9.17) is 4.42 Å². The number of hydrazone groups is 2. The third-order valence-electron chi connectivity index (χ3n) is 5.30. The summed E-state index contributed by atoms with van der Waals surface area (Å²) in [6.07, 6.45) is -10.2. The van der Waals surface area contributed by atoms with Crippen LogP contribution in [0.15, 0.2) is 75.3 Å². The summed E-state index contributed by atoms with van der Waals surface area (Å²) in [6, 6.07) is 12.9. The Bertz CT molecular complexity index is 1490. The number of nitrogens with one attached hydrogen (secondary N) is 4. The van der Waals surface area contributed by atoms with Crippen LogP contribution < -0.4 is 21.5 Å². The van der Waals surface area contributed by atoms with Gasteiger partial charge in [-0.2, -0.15) is 36.5 Å². The van der Waals surface area contributed by atoms with Gasteiger partial charge in [-0.05, 0) is 61.4 Å². The van der Waals surface area contributed by atoms with E-state index in [0.717, 1.165) is 12.1 Å². The molecule has 0 aliphatic heterocycles. The molecule has 4 N–H and O–H groups in total. The first-order chi connectivity index (χ1) is 20.0. The fourth-order valence-electron chi connectivity index (χ4n) is 3.14. The van der Waals surface area contributed by atoms with E-state index in [-0.39, 0.29) is 45.4 Å². The van der Waals surface area contributed by atoms with Crippen LogP contribution in [0.1, 0.15) is 46.1 Å². The molecule has 226 valence electrons. The summed E-state index contributed by atoms with van der Waals surface area (Å²) in [4.78, 5) is 47.1. The number of benzene rings is 2. The van der Waals surface area contributed by atoms with Crippen LogP contribution in [0, 0.1) is 0 Å². The number of furan rings is 1. The molecule has 0 fully saturated rings. The lowest BCUT2D eigenvalue weighted by molar-refractivity contribution is -0.167. The molecule has 0 spiro atoms. The number of hydrogen-bond acceptors (Lipinski definition) is 7. The molecule has 1 heterocycles. The Labute approximate surface area is 238 Å². The molecule has 0 aliphatic rings. The third-order valence-corrected chi connectivity index (χ3v) is 5.30. The second kappa shape index (κ2) is 13.0. The van der Waals surface area contributed by atoms with Gasteiger partial charge in [0.2, 0.25) is 0 Å². The second-order valence-electron chi connectivity index (χ2n) is 8.51. The van der Waals surface area contributed by atoms with E-state index >= 15 is 0 Å². The molecule has 0 saturated carbocycles. The first kappa shape index (κ1) is 32.0. The van der Waals surface area contributed by atoms with Crippen LogP contribution >= 0.6 is 0 Å². The van der Waals surface area contributed by atoms with Gasteiger partial charge < -0.3 is 15.1 Å². The van der Waals surface area contributed by atoms with Crippen molar-refractivity contribution >= 4 is 46.4 Å². The topological polar surface area (TPSA) is 154 Å². The Morgan fingerprint density at radius 3 is 1.35 bits per heavy atom. The highest BCUT2D eigenvalue weighted by molar-refractivity contribution is 6.04. The normalized spacial score (nSPS) is 12.4. The Morgan fingerprint density at radius 1 is 0.628 bits per heavy atom. The molecule has 43 heavy (non-hydrogen) atoms. The van der Waals surface area contributed by atoms with Gasteiger partial charge in [0.1, 0.15) is 0 Å². The second-order valence-corrected chi connectivity index (χ2v) is 8.51. The number of rotatable bonds is 8. The van der Waals surface area contributed by atoms with E-state index in [2.05, 4.69) is 21.1 Å². The largest absolute Gasteiger partial charge is 0.471 e. The maximum absolute atomic E-state index is 12.5. The highest BCUT2D eigenvalue weighted by Gasteiger charge is 2.39. The molecule has 0 unspecified atom stereocenters. The number of hydrogen-bond donors (Lipinski definition) is 4. The number of carbonyl (C=O) groups excluding carboxylic acids is 4. The zero-order valence-corrected chi connectivity index (χ0v) is 22.0. The summed E-state index contributed by atoms with van der Waals surface area (Å²) in [5.41, 5.74) is 4.90. The molecule has 0 aliphatic carbocycles. The number of carbonyl (C=O) groups is 4. The zero-order valence-electron chi connectivity index (χ0n) is 22.0. The first-order valence-electron chi connectivity index (χ1n) is 11.8. The Balaban J connectivity index is 1.61. The highest BCUT2D eigenvalue weighted by Crippen LogP contribution is 2.20. The van der Waals surface area contributed by atoms with Crippen molar-refractivity contribution in [2.24, 2.45) is 10.2 Å². The number of alkyl halides is 6. The molecule has 11 nitrogen and oxygen atoms in total. The maximum Gasteiger partial charge on any atom is 0.471 e. The van der Waals surface area contributed by atoms with Crippen molar-refractivity contribution in [1.82, 2.24) is 10.9 Å². The number of halogens is 6. The Kier molecular flexibility index (Phi) is 9.69. The fraction of sp³-hybridized carbons (Fsp3) is 0.154. The smallest absolute Gasteiger partial charge is 0.446 e. The fourth-order valence-corrected chi connectivity index (χ4v) is 3.14.